The molecule has 8 heavy (non-hydrogen) atoms. The van der Waals surface area contributed by atoms with Gasteiger partial charge in [-0.05, 0) is 12.8 Å². The minimum Gasteiger partial charge on any atom is -0.394 e. The molecular formula is C6H11NO. The Morgan fingerprint density at radius 3 is 2.75 bits per heavy atom. The van der Waals surface area contributed by atoms with Crippen molar-refractivity contribution < 1.29 is 5.11 Å². The summed E-state index contributed by atoms with van der Waals surface area (Å²) in [6.45, 7) is 0.0729. The van der Waals surface area contributed by atoms with Crippen molar-refractivity contribution >= 4 is 0 Å². The molecule has 46 valence electrons. The number of aliphatic hydroxyl groups is 1. The third-order valence-corrected chi connectivity index (χ3v) is 1.52. The summed E-state index contributed by atoms with van der Waals surface area (Å²) in [4.78, 5) is 0. The predicted molar refractivity (Wildman–Crippen MR) is 32.4 cm³/mol. The molecule has 0 saturated heterocycles. The molecule has 0 amide bonds. The fourth-order valence-electron chi connectivity index (χ4n) is 0.885. The fourth-order valence-corrected chi connectivity index (χ4v) is 0.885. The van der Waals surface area contributed by atoms with Crippen LogP contribution in [0.4, 0.5) is 0 Å². The van der Waals surface area contributed by atoms with Crippen molar-refractivity contribution in [1.82, 2.24) is 0 Å². The molecule has 2 heteroatoms. The second-order valence-corrected chi connectivity index (χ2v) is 2.33. The molecule has 1 aliphatic rings. The Bertz CT molecular complexity index is 111. The lowest BCUT2D eigenvalue weighted by Crippen LogP contribution is -2.39. The molecule has 0 fully saturated rings. The quantitative estimate of drug-likeness (QED) is 0.471. The summed E-state index contributed by atoms with van der Waals surface area (Å²) in [5.74, 6) is 0. The van der Waals surface area contributed by atoms with Gasteiger partial charge in [-0.1, -0.05) is 12.2 Å². The van der Waals surface area contributed by atoms with Gasteiger partial charge in [0.2, 0.25) is 0 Å². The maximum Gasteiger partial charge on any atom is 0.0647 e. The molecule has 0 heterocycles. The van der Waals surface area contributed by atoms with Crippen LogP contribution in [0.25, 0.3) is 0 Å². The van der Waals surface area contributed by atoms with Crippen LogP contribution in [0.1, 0.15) is 12.8 Å². The van der Waals surface area contributed by atoms with Crippen LogP contribution in [0.5, 0.6) is 0 Å². The number of aliphatic hydroxyl groups excluding tert-OH is 1. The average molecular weight is 113 g/mol. The first-order chi connectivity index (χ1) is 3.77. The highest BCUT2D eigenvalue weighted by Gasteiger charge is 2.22. The third-order valence-electron chi connectivity index (χ3n) is 1.52. The van der Waals surface area contributed by atoms with Crippen molar-refractivity contribution in [2.45, 2.75) is 18.4 Å². The smallest absolute Gasteiger partial charge is 0.0647 e. The van der Waals surface area contributed by atoms with E-state index in [1.54, 1.807) is 0 Å². The first-order valence-electron chi connectivity index (χ1n) is 2.84. The summed E-state index contributed by atoms with van der Waals surface area (Å²) >= 11 is 0. The minimum atomic E-state index is -0.389. The standard InChI is InChI=1S/C6H11NO/c7-6(5-8)3-1-2-4-6/h1,3,8H,2,4-5,7H2/t6-/m0/s1. The fraction of sp³-hybridized carbons (Fsp3) is 0.667. The molecule has 0 saturated carbocycles. The van der Waals surface area contributed by atoms with Crippen molar-refractivity contribution in [1.29, 1.82) is 0 Å². The van der Waals surface area contributed by atoms with Gasteiger partial charge in [-0.2, -0.15) is 0 Å². The molecule has 0 aliphatic heterocycles. The van der Waals surface area contributed by atoms with E-state index in [1.165, 1.54) is 0 Å². The number of nitrogens with two attached hydrogens (primary N) is 1. The minimum absolute atomic E-state index is 0.0729. The van der Waals surface area contributed by atoms with Gasteiger partial charge in [0.05, 0.1) is 12.1 Å². The SMILES string of the molecule is N[C@@]1(CO)C=CCC1. The van der Waals surface area contributed by atoms with E-state index in [9.17, 15) is 0 Å². The third kappa shape index (κ3) is 0.904. The van der Waals surface area contributed by atoms with E-state index in [1.807, 2.05) is 12.2 Å². The van der Waals surface area contributed by atoms with Crippen LogP contribution in [0.15, 0.2) is 12.2 Å². The van der Waals surface area contributed by atoms with Gasteiger partial charge in [-0.15, -0.1) is 0 Å². The van der Waals surface area contributed by atoms with Crippen molar-refractivity contribution in [2.24, 2.45) is 5.73 Å². The van der Waals surface area contributed by atoms with Gasteiger partial charge in [-0.3, -0.25) is 0 Å². The number of rotatable bonds is 1. The lowest BCUT2D eigenvalue weighted by molar-refractivity contribution is 0.226. The van der Waals surface area contributed by atoms with E-state index < -0.39 is 0 Å². The molecule has 0 unspecified atom stereocenters. The number of hydrogen-bond donors (Lipinski definition) is 2. The lowest BCUT2D eigenvalue weighted by atomic mass is 10.0. The van der Waals surface area contributed by atoms with Crippen LogP contribution in [0, 0.1) is 0 Å². The van der Waals surface area contributed by atoms with Gasteiger partial charge >= 0.3 is 0 Å². The second kappa shape index (κ2) is 1.88. The summed E-state index contributed by atoms with van der Waals surface area (Å²) in [6, 6.07) is 0. The molecule has 0 aromatic heterocycles. The largest absolute Gasteiger partial charge is 0.394 e. The summed E-state index contributed by atoms with van der Waals surface area (Å²) in [5.41, 5.74) is 5.23. The zero-order valence-corrected chi connectivity index (χ0v) is 4.80. The monoisotopic (exact) mass is 113 g/mol. The Hall–Kier alpha value is -0.340. The van der Waals surface area contributed by atoms with Crippen LogP contribution >= 0.6 is 0 Å². The second-order valence-electron chi connectivity index (χ2n) is 2.33. The van der Waals surface area contributed by atoms with Crippen LogP contribution in [-0.2, 0) is 0 Å². The normalized spacial score (nSPS) is 36.2. The van der Waals surface area contributed by atoms with Gasteiger partial charge in [0.1, 0.15) is 0 Å². The van der Waals surface area contributed by atoms with Crippen LogP contribution < -0.4 is 5.73 Å². The van der Waals surface area contributed by atoms with Crippen molar-refractivity contribution in [2.75, 3.05) is 6.61 Å². The van der Waals surface area contributed by atoms with Crippen LogP contribution in [-0.4, -0.2) is 17.3 Å². The Morgan fingerprint density at radius 1 is 1.75 bits per heavy atom. The molecule has 3 N–H and O–H groups in total. The van der Waals surface area contributed by atoms with Gasteiger partial charge in [0.15, 0.2) is 0 Å². The molecule has 1 rings (SSSR count). The van der Waals surface area contributed by atoms with E-state index in [2.05, 4.69) is 0 Å². The van der Waals surface area contributed by atoms with Gasteiger partial charge in [0.25, 0.3) is 0 Å². The molecule has 2 nitrogen and oxygen atoms in total. The number of hydrogen-bond acceptors (Lipinski definition) is 2. The van der Waals surface area contributed by atoms with E-state index in [4.69, 9.17) is 10.8 Å². The van der Waals surface area contributed by atoms with Crippen LogP contribution in [0.3, 0.4) is 0 Å². The maximum absolute atomic E-state index is 8.65. The number of allylic oxidation sites excluding steroid dienone is 1. The highest BCUT2D eigenvalue weighted by molar-refractivity contribution is 5.11. The van der Waals surface area contributed by atoms with Crippen LogP contribution in [0.2, 0.25) is 0 Å². The van der Waals surface area contributed by atoms with E-state index in [0.29, 0.717) is 0 Å². The lowest BCUT2D eigenvalue weighted by Gasteiger charge is -2.16. The highest BCUT2D eigenvalue weighted by Crippen LogP contribution is 2.17. The molecule has 0 aromatic carbocycles. The molecule has 0 aromatic rings. The molecule has 0 bridgehead atoms. The Kier molecular flexibility index (Phi) is 1.36. The van der Waals surface area contributed by atoms with Gasteiger partial charge in [-0.25, -0.2) is 0 Å². The topological polar surface area (TPSA) is 46.2 Å². The zero-order chi connectivity index (χ0) is 6.04. The molecule has 0 radical (unpaired) electrons. The van der Waals surface area contributed by atoms with E-state index in [0.717, 1.165) is 12.8 Å². The molecule has 1 aliphatic carbocycles. The summed E-state index contributed by atoms with van der Waals surface area (Å²) < 4.78 is 0. The van der Waals surface area contributed by atoms with Gasteiger partial charge in [0, 0.05) is 0 Å². The highest BCUT2D eigenvalue weighted by atomic mass is 16.3. The molecular weight excluding hydrogens is 102 g/mol. The van der Waals surface area contributed by atoms with E-state index >= 15 is 0 Å². The molecule has 1 atom stereocenters. The van der Waals surface area contributed by atoms with Crippen molar-refractivity contribution in [3.05, 3.63) is 12.2 Å². The average Bonchev–Trinajstić information content (AvgIpc) is 2.17. The molecule has 0 spiro atoms. The first kappa shape index (κ1) is 5.79. The Balaban J connectivity index is 2.54. The predicted octanol–water partition coefficient (Wildman–Crippen LogP) is 0.0262. The maximum atomic E-state index is 8.65. The summed E-state index contributed by atoms with van der Waals surface area (Å²) in [6.07, 6.45) is 5.80. The van der Waals surface area contributed by atoms with Gasteiger partial charge < -0.3 is 10.8 Å². The Morgan fingerprint density at radius 2 is 2.50 bits per heavy atom. The first-order valence-corrected chi connectivity index (χ1v) is 2.84. The van der Waals surface area contributed by atoms with E-state index in [-0.39, 0.29) is 12.1 Å². The summed E-state index contributed by atoms with van der Waals surface area (Å²) in [5, 5.41) is 8.65. The Labute approximate surface area is 49.0 Å². The zero-order valence-electron chi connectivity index (χ0n) is 4.80. The van der Waals surface area contributed by atoms with Crippen molar-refractivity contribution in [3.8, 4) is 0 Å². The van der Waals surface area contributed by atoms with Crippen molar-refractivity contribution in [3.63, 3.8) is 0 Å². The summed E-state index contributed by atoms with van der Waals surface area (Å²) in [7, 11) is 0.